The summed E-state index contributed by atoms with van der Waals surface area (Å²) in [6.07, 6.45) is 0.822. The highest BCUT2D eigenvalue weighted by Crippen LogP contribution is 2.14. The highest BCUT2D eigenvalue weighted by molar-refractivity contribution is 7.99. The monoisotopic (exact) mass is 259 g/mol. The Morgan fingerprint density at radius 2 is 2.38 bits per heavy atom. The Kier molecular flexibility index (Phi) is 6.52. The van der Waals surface area contributed by atoms with Gasteiger partial charge in [0.05, 0.1) is 4.88 Å². The minimum atomic E-state index is 0.0234. The van der Waals surface area contributed by atoms with Gasteiger partial charge in [0.25, 0.3) is 5.91 Å². The van der Waals surface area contributed by atoms with E-state index < -0.39 is 0 Å². The first-order valence-corrected chi connectivity index (χ1v) is 7.30. The number of amides is 1. The predicted molar refractivity (Wildman–Crippen MR) is 70.4 cm³/mol. The van der Waals surface area contributed by atoms with Gasteiger partial charge in [0.15, 0.2) is 0 Å². The number of nitrogens with one attached hydrogen (secondary N) is 1. The maximum atomic E-state index is 11.7. The fourth-order valence-electron chi connectivity index (χ4n) is 1.19. The average Bonchev–Trinajstić information content (AvgIpc) is 2.69. The summed E-state index contributed by atoms with van der Waals surface area (Å²) in [5.41, 5.74) is 1.04. The van der Waals surface area contributed by atoms with Crippen LogP contribution < -0.4 is 5.32 Å². The summed E-state index contributed by atoms with van der Waals surface area (Å²) in [7, 11) is 0. The van der Waals surface area contributed by atoms with Gasteiger partial charge in [0.2, 0.25) is 0 Å². The van der Waals surface area contributed by atoms with Gasteiger partial charge in [-0.3, -0.25) is 4.79 Å². The Morgan fingerprint density at radius 3 is 3.00 bits per heavy atom. The molecule has 3 nitrogen and oxygen atoms in total. The Bertz CT molecular complexity index is 326. The molecule has 0 unspecified atom stereocenters. The Balaban J connectivity index is 2.14. The van der Waals surface area contributed by atoms with E-state index in [-0.39, 0.29) is 12.5 Å². The largest absolute Gasteiger partial charge is 0.396 e. The molecule has 0 spiro atoms. The van der Waals surface area contributed by atoms with E-state index in [0.29, 0.717) is 6.54 Å². The second-order valence-electron chi connectivity index (χ2n) is 3.38. The summed E-state index contributed by atoms with van der Waals surface area (Å²) in [6, 6.07) is 1.95. The van der Waals surface area contributed by atoms with Crippen LogP contribution in [0.5, 0.6) is 0 Å². The van der Waals surface area contributed by atoms with E-state index in [9.17, 15) is 4.79 Å². The molecule has 1 aromatic heterocycles. The Morgan fingerprint density at radius 1 is 1.56 bits per heavy atom. The number of aryl methyl sites for hydroxylation is 1. The van der Waals surface area contributed by atoms with Crippen LogP contribution in [0.1, 0.15) is 21.7 Å². The van der Waals surface area contributed by atoms with Crippen molar-refractivity contribution in [3.8, 4) is 0 Å². The number of thiophene rings is 1. The summed E-state index contributed by atoms with van der Waals surface area (Å²) in [4.78, 5) is 12.5. The number of aliphatic hydroxyl groups is 1. The second kappa shape index (κ2) is 7.70. The molecule has 1 heterocycles. The lowest BCUT2D eigenvalue weighted by atomic mass is 10.3. The van der Waals surface area contributed by atoms with E-state index in [0.717, 1.165) is 28.4 Å². The van der Waals surface area contributed by atoms with E-state index in [2.05, 4.69) is 5.32 Å². The standard InChI is InChI=1S/C11H17NO2S2/c1-9-3-7-16-10(9)11(14)12-4-8-15-6-2-5-13/h3,7,13H,2,4-6,8H2,1H3,(H,12,14). The van der Waals surface area contributed by atoms with E-state index in [1.54, 1.807) is 11.8 Å². The lowest BCUT2D eigenvalue weighted by molar-refractivity contribution is 0.0959. The molecular formula is C11H17NO2S2. The highest BCUT2D eigenvalue weighted by atomic mass is 32.2. The van der Waals surface area contributed by atoms with Crippen LogP contribution in [0.2, 0.25) is 0 Å². The molecule has 1 amide bonds. The van der Waals surface area contributed by atoms with Gasteiger partial charge in [-0.25, -0.2) is 0 Å². The zero-order chi connectivity index (χ0) is 11.8. The van der Waals surface area contributed by atoms with Gasteiger partial charge < -0.3 is 10.4 Å². The van der Waals surface area contributed by atoms with Crippen LogP contribution in [0.3, 0.4) is 0 Å². The molecule has 0 aliphatic carbocycles. The number of carbonyl (C=O) groups excluding carboxylic acids is 1. The van der Waals surface area contributed by atoms with Crippen molar-refractivity contribution in [3.05, 3.63) is 21.9 Å². The van der Waals surface area contributed by atoms with Crippen molar-refractivity contribution in [1.29, 1.82) is 0 Å². The molecule has 5 heteroatoms. The molecule has 0 bridgehead atoms. The van der Waals surface area contributed by atoms with Crippen molar-refractivity contribution in [2.24, 2.45) is 0 Å². The first kappa shape index (κ1) is 13.5. The quantitative estimate of drug-likeness (QED) is 0.735. The van der Waals surface area contributed by atoms with Gasteiger partial charge >= 0.3 is 0 Å². The molecule has 90 valence electrons. The van der Waals surface area contributed by atoms with Gasteiger partial charge in [-0.2, -0.15) is 11.8 Å². The van der Waals surface area contributed by atoms with Crippen LogP contribution in [0.25, 0.3) is 0 Å². The maximum Gasteiger partial charge on any atom is 0.261 e. The van der Waals surface area contributed by atoms with E-state index >= 15 is 0 Å². The molecule has 0 saturated carbocycles. The van der Waals surface area contributed by atoms with Gasteiger partial charge in [-0.05, 0) is 36.1 Å². The third-order valence-corrected chi connectivity index (χ3v) is 4.13. The minimum Gasteiger partial charge on any atom is -0.396 e. The fourth-order valence-corrected chi connectivity index (χ4v) is 2.82. The number of hydrogen-bond acceptors (Lipinski definition) is 4. The van der Waals surface area contributed by atoms with E-state index in [4.69, 9.17) is 5.11 Å². The fraction of sp³-hybridized carbons (Fsp3) is 0.545. The highest BCUT2D eigenvalue weighted by Gasteiger charge is 2.08. The first-order chi connectivity index (χ1) is 7.75. The summed E-state index contributed by atoms with van der Waals surface area (Å²) < 4.78 is 0. The smallest absolute Gasteiger partial charge is 0.261 e. The zero-order valence-corrected chi connectivity index (χ0v) is 11.0. The van der Waals surface area contributed by atoms with Crippen molar-refractivity contribution in [2.45, 2.75) is 13.3 Å². The summed E-state index contributed by atoms with van der Waals surface area (Å²) in [5, 5.41) is 13.4. The summed E-state index contributed by atoms with van der Waals surface area (Å²) >= 11 is 3.23. The molecular weight excluding hydrogens is 242 g/mol. The van der Waals surface area contributed by atoms with E-state index in [1.807, 2.05) is 18.4 Å². The zero-order valence-electron chi connectivity index (χ0n) is 9.36. The molecule has 1 rings (SSSR count). The van der Waals surface area contributed by atoms with Crippen molar-refractivity contribution in [2.75, 3.05) is 24.7 Å². The van der Waals surface area contributed by atoms with Gasteiger partial charge in [-0.1, -0.05) is 0 Å². The van der Waals surface area contributed by atoms with Crippen molar-refractivity contribution in [1.82, 2.24) is 5.32 Å². The number of aliphatic hydroxyl groups excluding tert-OH is 1. The van der Waals surface area contributed by atoms with Crippen molar-refractivity contribution in [3.63, 3.8) is 0 Å². The molecule has 0 radical (unpaired) electrons. The van der Waals surface area contributed by atoms with Crippen molar-refractivity contribution >= 4 is 29.0 Å². The molecule has 16 heavy (non-hydrogen) atoms. The summed E-state index contributed by atoms with van der Waals surface area (Å²) in [6.45, 7) is 2.88. The molecule has 0 atom stereocenters. The molecule has 0 fully saturated rings. The molecule has 0 aliphatic heterocycles. The normalized spacial score (nSPS) is 10.4. The third-order valence-electron chi connectivity index (χ3n) is 2.05. The van der Waals surface area contributed by atoms with Gasteiger partial charge in [0.1, 0.15) is 0 Å². The summed E-state index contributed by atoms with van der Waals surface area (Å²) in [5.74, 6) is 1.87. The SMILES string of the molecule is Cc1ccsc1C(=O)NCCSCCCO. The van der Waals surface area contributed by atoms with E-state index in [1.165, 1.54) is 11.3 Å². The van der Waals surface area contributed by atoms with Crippen LogP contribution in [-0.4, -0.2) is 35.7 Å². The van der Waals surface area contributed by atoms with Crippen LogP contribution in [0.15, 0.2) is 11.4 Å². The Labute approximate surface area is 104 Å². The number of hydrogen-bond donors (Lipinski definition) is 2. The van der Waals surface area contributed by atoms with Gasteiger partial charge in [0, 0.05) is 18.9 Å². The van der Waals surface area contributed by atoms with Gasteiger partial charge in [-0.15, -0.1) is 11.3 Å². The van der Waals surface area contributed by atoms with Crippen LogP contribution >= 0.6 is 23.1 Å². The van der Waals surface area contributed by atoms with Crippen LogP contribution in [-0.2, 0) is 0 Å². The topological polar surface area (TPSA) is 49.3 Å². The molecule has 0 aromatic carbocycles. The Hall–Kier alpha value is -0.520. The molecule has 1 aromatic rings. The lowest BCUT2D eigenvalue weighted by Gasteiger charge is -2.04. The number of rotatable bonds is 7. The van der Waals surface area contributed by atoms with Crippen LogP contribution in [0.4, 0.5) is 0 Å². The molecule has 0 saturated heterocycles. The number of thioether (sulfide) groups is 1. The molecule has 2 N–H and O–H groups in total. The lowest BCUT2D eigenvalue weighted by Crippen LogP contribution is -2.25. The number of carbonyl (C=O) groups is 1. The third kappa shape index (κ3) is 4.55. The van der Waals surface area contributed by atoms with Crippen molar-refractivity contribution < 1.29 is 9.90 Å². The minimum absolute atomic E-state index is 0.0234. The second-order valence-corrected chi connectivity index (χ2v) is 5.52. The average molecular weight is 259 g/mol. The maximum absolute atomic E-state index is 11.7. The first-order valence-electron chi connectivity index (χ1n) is 5.26. The predicted octanol–water partition coefficient (Wildman–Crippen LogP) is 1.90. The van der Waals surface area contributed by atoms with Crippen LogP contribution in [0, 0.1) is 6.92 Å². The molecule has 0 aliphatic rings.